The number of carbonyl (C=O) groups is 1. The smallest absolute Gasteiger partial charge is 0.268 e. The fourth-order valence-electron chi connectivity index (χ4n) is 3.19. The number of aromatic nitrogens is 1. The van der Waals surface area contributed by atoms with E-state index in [2.05, 4.69) is 0 Å². The zero-order valence-corrected chi connectivity index (χ0v) is 14.0. The van der Waals surface area contributed by atoms with Gasteiger partial charge in [0.05, 0.1) is 10.6 Å². The number of nitrogens with zero attached hydrogens (tertiary/aromatic N) is 1. The molecule has 0 spiro atoms. The molecule has 0 unspecified atom stereocenters. The molecule has 0 saturated carbocycles. The zero-order chi connectivity index (χ0) is 17.6. The van der Waals surface area contributed by atoms with Crippen LogP contribution in [-0.4, -0.2) is 18.2 Å². The molecule has 4 rings (SSSR count). The molecule has 1 heterocycles. The lowest BCUT2D eigenvalue weighted by molar-refractivity contribution is 0.0994. The Morgan fingerprint density at radius 2 is 1.68 bits per heavy atom. The molecule has 0 fully saturated rings. The molecule has 0 N–H and O–H groups in total. The Hall–Kier alpha value is -2.73. The summed E-state index contributed by atoms with van der Waals surface area (Å²) in [5.74, 6) is -0.692. The molecular weight excluding hydrogens is 341 g/mol. The molecule has 25 heavy (non-hydrogen) atoms. The Labute approximate surface area is 144 Å². The van der Waals surface area contributed by atoms with Crippen molar-refractivity contribution in [2.45, 2.75) is 17.7 Å². The minimum absolute atomic E-state index is 0.0691. The van der Waals surface area contributed by atoms with Crippen molar-refractivity contribution in [2.75, 3.05) is 0 Å². The molecule has 2 aromatic carbocycles. The monoisotopic (exact) mass is 355 g/mol. The van der Waals surface area contributed by atoms with Crippen LogP contribution in [0.1, 0.15) is 22.5 Å². The van der Waals surface area contributed by atoms with Crippen LogP contribution in [0.25, 0.3) is 11.3 Å². The molecule has 0 aliphatic heterocycles. The van der Waals surface area contributed by atoms with Crippen LogP contribution in [0.2, 0.25) is 0 Å². The standard InChI is InChI=1S/C19H14FNO3S/c20-14-7-4-8-15(11-14)25(23,24)21-17-9-10-19(22)16(17)12-18(21)13-5-2-1-3-6-13/h1-8,11-12H,9-10H2. The summed E-state index contributed by atoms with van der Waals surface area (Å²) < 4.78 is 41.1. The van der Waals surface area contributed by atoms with Crippen LogP contribution in [0.3, 0.4) is 0 Å². The largest absolute Gasteiger partial charge is 0.294 e. The first-order valence-corrected chi connectivity index (χ1v) is 9.27. The van der Waals surface area contributed by atoms with Gasteiger partial charge in [-0.1, -0.05) is 36.4 Å². The van der Waals surface area contributed by atoms with Gasteiger partial charge >= 0.3 is 0 Å². The summed E-state index contributed by atoms with van der Waals surface area (Å²) in [5.41, 5.74) is 2.00. The van der Waals surface area contributed by atoms with Crippen LogP contribution < -0.4 is 0 Å². The van der Waals surface area contributed by atoms with Gasteiger partial charge in [-0.2, -0.15) is 0 Å². The maximum Gasteiger partial charge on any atom is 0.268 e. The molecule has 6 heteroatoms. The maximum absolute atomic E-state index is 13.6. The van der Waals surface area contributed by atoms with Crippen LogP contribution in [0.4, 0.5) is 4.39 Å². The molecule has 1 aliphatic carbocycles. The van der Waals surface area contributed by atoms with Crippen LogP contribution in [0.15, 0.2) is 65.6 Å². The van der Waals surface area contributed by atoms with Gasteiger partial charge < -0.3 is 0 Å². The van der Waals surface area contributed by atoms with Gasteiger partial charge in [-0.3, -0.25) is 4.79 Å². The fourth-order valence-corrected chi connectivity index (χ4v) is 4.81. The van der Waals surface area contributed by atoms with E-state index in [1.807, 2.05) is 6.07 Å². The van der Waals surface area contributed by atoms with Crippen molar-refractivity contribution in [3.63, 3.8) is 0 Å². The van der Waals surface area contributed by atoms with Gasteiger partial charge in [0, 0.05) is 17.7 Å². The van der Waals surface area contributed by atoms with E-state index in [-0.39, 0.29) is 10.7 Å². The van der Waals surface area contributed by atoms with E-state index < -0.39 is 15.8 Å². The Kier molecular flexibility index (Phi) is 3.58. The third kappa shape index (κ3) is 2.49. The van der Waals surface area contributed by atoms with Crippen molar-refractivity contribution < 1.29 is 17.6 Å². The Bertz CT molecular complexity index is 1090. The van der Waals surface area contributed by atoms with Gasteiger partial charge in [0.25, 0.3) is 10.0 Å². The van der Waals surface area contributed by atoms with E-state index in [1.165, 1.54) is 22.2 Å². The Morgan fingerprint density at radius 1 is 0.920 bits per heavy atom. The lowest BCUT2D eigenvalue weighted by Crippen LogP contribution is -2.16. The average Bonchev–Trinajstić information content (AvgIpc) is 3.16. The summed E-state index contributed by atoms with van der Waals surface area (Å²) in [5, 5.41) is 0. The van der Waals surface area contributed by atoms with E-state index in [9.17, 15) is 17.6 Å². The molecule has 0 saturated heterocycles. The second-order valence-corrected chi connectivity index (χ2v) is 7.69. The molecule has 1 aliphatic rings. The predicted octanol–water partition coefficient (Wildman–Crippen LogP) is 3.66. The minimum atomic E-state index is -4.02. The predicted molar refractivity (Wildman–Crippen MR) is 91.5 cm³/mol. The first-order chi connectivity index (χ1) is 12.0. The number of hydrogen-bond donors (Lipinski definition) is 0. The first-order valence-electron chi connectivity index (χ1n) is 7.83. The van der Waals surface area contributed by atoms with Crippen LogP contribution in [0, 0.1) is 5.82 Å². The number of fused-ring (bicyclic) bond motifs is 1. The van der Waals surface area contributed by atoms with Crippen molar-refractivity contribution in [1.82, 2.24) is 3.97 Å². The second-order valence-electron chi connectivity index (χ2n) is 5.91. The summed E-state index contributed by atoms with van der Waals surface area (Å²) >= 11 is 0. The van der Waals surface area contributed by atoms with Crippen LogP contribution in [0.5, 0.6) is 0 Å². The summed E-state index contributed by atoms with van der Waals surface area (Å²) in [7, 11) is -4.02. The molecular formula is C19H14FNO3S. The van der Waals surface area contributed by atoms with E-state index >= 15 is 0 Å². The van der Waals surface area contributed by atoms with Gasteiger partial charge in [0.2, 0.25) is 0 Å². The number of hydrogen-bond acceptors (Lipinski definition) is 3. The summed E-state index contributed by atoms with van der Waals surface area (Å²) in [6.45, 7) is 0. The maximum atomic E-state index is 13.6. The number of Topliss-reactive ketones (excluding diaryl/α,β-unsaturated/α-hetero) is 1. The van der Waals surface area contributed by atoms with E-state index in [1.54, 1.807) is 30.3 Å². The Morgan fingerprint density at radius 3 is 2.40 bits per heavy atom. The highest BCUT2D eigenvalue weighted by Gasteiger charge is 2.32. The quantitative estimate of drug-likeness (QED) is 0.720. The van der Waals surface area contributed by atoms with E-state index in [0.717, 1.165) is 6.07 Å². The number of carbonyl (C=O) groups excluding carboxylic acids is 1. The number of rotatable bonds is 3. The van der Waals surface area contributed by atoms with Gasteiger partial charge in [-0.25, -0.2) is 16.8 Å². The van der Waals surface area contributed by atoms with Crippen molar-refractivity contribution in [2.24, 2.45) is 0 Å². The molecule has 1 aromatic heterocycles. The summed E-state index contributed by atoms with van der Waals surface area (Å²) in [4.78, 5) is 12.0. The van der Waals surface area contributed by atoms with E-state index in [0.29, 0.717) is 35.4 Å². The lowest BCUT2D eigenvalue weighted by atomic mass is 10.1. The Balaban J connectivity index is 2.01. The van der Waals surface area contributed by atoms with Crippen molar-refractivity contribution in [3.8, 4) is 11.3 Å². The van der Waals surface area contributed by atoms with Crippen molar-refractivity contribution in [1.29, 1.82) is 0 Å². The first kappa shape index (κ1) is 15.8. The summed E-state index contributed by atoms with van der Waals surface area (Å²) in [6.07, 6.45) is 0.647. The molecule has 3 aromatic rings. The topological polar surface area (TPSA) is 56.1 Å². The zero-order valence-electron chi connectivity index (χ0n) is 13.1. The highest BCUT2D eigenvalue weighted by molar-refractivity contribution is 7.90. The SMILES string of the molecule is O=C1CCc2c1cc(-c1ccccc1)n2S(=O)(=O)c1cccc(F)c1. The highest BCUT2D eigenvalue weighted by Crippen LogP contribution is 2.35. The molecule has 0 radical (unpaired) electrons. The molecule has 0 amide bonds. The third-order valence-corrected chi connectivity index (χ3v) is 6.10. The molecule has 0 atom stereocenters. The third-order valence-electron chi connectivity index (χ3n) is 4.35. The summed E-state index contributed by atoms with van der Waals surface area (Å²) in [6, 6.07) is 15.5. The molecule has 0 bridgehead atoms. The number of benzene rings is 2. The van der Waals surface area contributed by atoms with Crippen molar-refractivity contribution >= 4 is 15.8 Å². The van der Waals surface area contributed by atoms with Gasteiger partial charge in [0.1, 0.15) is 5.82 Å². The second kappa shape index (κ2) is 5.67. The van der Waals surface area contributed by atoms with Crippen molar-refractivity contribution in [3.05, 3.63) is 77.7 Å². The average molecular weight is 355 g/mol. The number of halogens is 1. The molecule has 4 nitrogen and oxygen atoms in total. The van der Waals surface area contributed by atoms with Crippen LogP contribution in [-0.2, 0) is 16.4 Å². The highest BCUT2D eigenvalue weighted by atomic mass is 32.2. The number of ketones is 1. The lowest BCUT2D eigenvalue weighted by Gasteiger charge is -2.14. The fraction of sp³-hybridized carbons (Fsp3) is 0.105. The minimum Gasteiger partial charge on any atom is -0.294 e. The normalized spacial score (nSPS) is 13.9. The molecule has 126 valence electrons. The van der Waals surface area contributed by atoms with Crippen LogP contribution >= 0.6 is 0 Å². The van der Waals surface area contributed by atoms with Gasteiger partial charge in [0.15, 0.2) is 5.78 Å². The van der Waals surface area contributed by atoms with E-state index in [4.69, 9.17) is 0 Å². The van der Waals surface area contributed by atoms with Gasteiger partial charge in [-0.05, 0) is 36.2 Å². The van der Waals surface area contributed by atoms with Gasteiger partial charge in [-0.15, -0.1) is 0 Å².